The van der Waals surface area contributed by atoms with E-state index in [0.29, 0.717) is 23.0 Å². The third-order valence-corrected chi connectivity index (χ3v) is 5.96. The Kier molecular flexibility index (Phi) is 4.92. The van der Waals surface area contributed by atoms with Crippen LogP contribution in [0, 0.1) is 13.8 Å². The Morgan fingerprint density at radius 2 is 2.07 bits per heavy atom. The first-order valence-corrected chi connectivity index (χ1v) is 9.93. The second kappa shape index (κ2) is 7.36. The Labute approximate surface area is 159 Å². The van der Waals surface area contributed by atoms with Crippen LogP contribution in [-0.4, -0.2) is 27.5 Å². The molecule has 1 aliphatic heterocycles. The maximum Gasteiger partial charge on any atom is 0.344 e. The highest BCUT2D eigenvalue weighted by Crippen LogP contribution is 2.27. The van der Waals surface area contributed by atoms with Gasteiger partial charge in [-0.1, -0.05) is 11.8 Å². The van der Waals surface area contributed by atoms with Crippen molar-refractivity contribution in [3.63, 3.8) is 0 Å². The van der Waals surface area contributed by atoms with Crippen LogP contribution in [0.15, 0.2) is 37.4 Å². The van der Waals surface area contributed by atoms with E-state index in [0.717, 1.165) is 41.5 Å². The van der Waals surface area contributed by atoms with Crippen molar-refractivity contribution in [2.24, 2.45) is 0 Å². The average Bonchev–Trinajstić information content (AvgIpc) is 3.26. The first kappa shape index (κ1) is 18.1. The van der Waals surface area contributed by atoms with Gasteiger partial charge in [0.1, 0.15) is 5.58 Å². The number of aryl methyl sites for hydroxylation is 2. The van der Waals surface area contributed by atoms with Crippen molar-refractivity contribution in [1.29, 1.82) is 0 Å². The number of nitrogens with zero attached hydrogens (tertiary/aromatic N) is 2. The van der Waals surface area contributed by atoms with E-state index in [1.54, 1.807) is 4.57 Å². The van der Waals surface area contributed by atoms with E-state index in [4.69, 9.17) is 9.15 Å². The lowest BCUT2D eigenvalue weighted by molar-refractivity contribution is 0.0941. The van der Waals surface area contributed by atoms with Crippen molar-refractivity contribution in [2.45, 2.75) is 50.2 Å². The topological polar surface area (TPSA) is 90.1 Å². The van der Waals surface area contributed by atoms with Gasteiger partial charge in [-0.25, -0.2) is 14.7 Å². The zero-order chi connectivity index (χ0) is 19.0. The molecule has 3 aromatic rings. The first-order valence-electron chi connectivity index (χ1n) is 8.95. The molecule has 1 fully saturated rings. The second-order valence-electron chi connectivity index (χ2n) is 6.87. The molecule has 1 saturated heterocycles. The van der Waals surface area contributed by atoms with E-state index in [9.17, 15) is 9.59 Å². The summed E-state index contributed by atoms with van der Waals surface area (Å²) >= 11 is 1.42. The van der Waals surface area contributed by atoms with Gasteiger partial charge >= 0.3 is 11.3 Å². The minimum atomic E-state index is -0.375. The number of thioether (sulfide) groups is 1. The van der Waals surface area contributed by atoms with Gasteiger partial charge in [0.05, 0.1) is 12.6 Å². The maximum atomic E-state index is 12.1. The minimum absolute atomic E-state index is 0.0508. The number of benzene rings is 1. The summed E-state index contributed by atoms with van der Waals surface area (Å²) in [5.41, 5.74) is 3.05. The third-order valence-electron chi connectivity index (χ3n) is 4.93. The number of hydrogen-bond donors (Lipinski definition) is 1. The molecule has 0 bridgehead atoms. The number of H-pyrrole nitrogens is 1. The van der Waals surface area contributed by atoms with Gasteiger partial charge in [-0.2, -0.15) is 0 Å². The zero-order valence-corrected chi connectivity index (χ0v) is 16.1. The highest BCUT2D eigenvalue weighted by molar-refractivity contribution is 7.98. The van der Waals surface area contributed by atoms with E-state index in [2.05, 4.69) is 10.2 Å². The van der Waals surface area contributed by atoms with Crippen molar-refractivity contribution >= 4 is 22.7 Å². The molecular weight excluding hydrogens is 366 g/mol. The van der Waals surface area contributed by atoms with Crippen LogP contribution in [0.2, 0.25) is 0 Å². The van der Waals surface area contributed by atoms with Crippen molar-refractivity contribution < 1.29 is 9.15 Å². The van der Waals surface area contributed by atoms with Gasteiger partial charge in [0.25, 0.3) is 0 Å². The fourth-order valence-corrected chi connectivity index (χ4v) is 4.26. The van der Waals surface area contributed by atoms with Gasteiger partial charge in [0.2, 0.25) is 0 Å². The smallest absolute Gasteiger partial charge is 0.344 e. The number of aromatic amines is 1. The number of nitrogens with one attached hydrogen (secondary N) is 1. The molecule has 1 aliphatic rings. The summed E-state index contributed by atoms with van der Waals surface area (Å²) in [6.45, 7) is 5.26. The van der Waals surface area contributed by atoms with Crippen LogP contribution in [0.1, 0.15) is 29.5 Å². The molecule has 8 heteroatoms. The monoisotopic (exact) mass is 387 g/mol. The van der Waals surface area contributed by atoms with Crippen LogP contribution < -0.4 is 11.3 Å². The fraction of sp³-hybridized carbons (Fsp3) is 0.421. The summed E-state index contributed by atoms with van der Waals surface area (Å²) in [7, 11) is 0. The number of fused-ring (bicyclic) bond motifs is 1. The fourth-order valence-electron chi connectivity index (χ4n) is 3.31. The maximum absolute atomic E-state index is 12.1. The third kappa shape index (κ3) is 3.72. The predicted octanol–water partition coefficient (Wildman–Crippen LogP) is 2.77. The molecule has 1 atom stereocenters. The largest absolute Gasteiger partial charge is 0.423 e. The molecule has 0 unspecified atom stereocenters. The SMILES string of the molecule is Cc1cc2oc(=O)cc(CSc3n[nH]c(=O)n3C[C@@H]3CCCO3)c2cc1C. The molecule has 4 rings (SSSR count). The molecule has 1 aromatic carbocycles. The highest BCUT2D eigenvalue weighted by Gasteiger charge is 2.20. The number of hydrogen-bond acceptors (Lipinski definition) is 6. The summed E-state index contributed by atoms with van der Waals surface area (Å²) in [6, 6.07) is 5.44. The molecule has 0 amide bonds. The lowest BCUT2D eigenvalue weighted by Gasteiger charge is -2.11. The molecule has 0 spiro atoms. The van der Waals surface area contributed by atoms with Crippen LogP contribution in [0.4, 0.5) is 0 Å². The Morgan fingerprint density at radius 3 is 2.85 bits per heavy atom. The van der Waals surface area contributed by atoms with Crippen molar-refractivity contribution in [3.05, 3.63) is 55.8 Å². The molecule has 0 saturated carbocycles. The number of ether oxygens (including phenoxy) is 1. The average molecular weight is 387 g/mol. The molecule has 3 heterocycles. The highest BCUT2D eigenvalue weighted by atomic mass is 32.2. The zero-order valence-electron chi connectivity index (χ0n) is 15.3. The lowest BCUT2D eigenvalue weighted by Crippen LogP contribution is -2.24. The standard InChI is InChI=1S/C19H21N3O4S/c1-11-6-15-13(8-17(23)26-16(15)7-12(11)2)10-27-19-21-20-18(24)22(19)9-14-4-3-5-25-14/h6-8,14H,3-5,9-10H2,1-2H3,(H,20,24)/t14-/m0/s1. The molecule has 0 radical (unpaired) electrons. The van der Waals surface area contributed by atoms with E-state index in [1.165, 1.54) is 17.8 Å². The van der Waals surface area contributed by atoms with Gasteiger partial charge in [-0.3, -0.25) is 4.57 Å². The molecule has 142 valence electrons. The van der Waals surface area contributed by atoms with Gasteiger partial charge in [0, 0.05) is 23.8 Å². The van der Waals surface area contributed by atoms with E-state index >= 15 is 0 Å². The molecule has 1 N–H and O–H groups in total. The molecule has 27 heavy (non-hydrogen) atoms. The summed E-state index contributed by atoms with van der Waals surface area (Å²) in [5.74, 6) is 0.514. The molecule has 0 aliphatic carbocycles. The first-order chi connectivity index (χ1) is 13.0. The van der Waals surface area contributed by atoms with Crippen LogP contribution in [0.5, 0.6) is 0 Å². The van der Waals surface area contributed by atoms with E-state index in [1.807, 2.05) is 26.0 Å². The van der Waals surface area contributed by atoms with Gasteiger partial charge in [-0.15, -0.1) is 5.10 Å². The van der Waals surface area contributed by atoms with Crippen molar-refractivity contribution in [2.75, 3.05) is 6.61 Å². The van der Waals surface area contributed by atoms with Crippen LogP contribution in [0.25, 0.3) is 11.0 Å². The van der Waals surface area contributed by atoms with Crippen molar-refractivity contribution in [1.82, 2.24) is 14.8 Å². The van der Waals surface area contributed by atoms with Crippen molar-refractivity contribution in [3.8, 4) is 0 Å². The summed E-state index contributed by atoms with van der Waals surface area (Å²) < 4.78 is 12.6. The van der Waals surface area contributed by atoms with Crippen LogP contribution in [0.3, 0.4) is 0 Å². The predicted molar refractivity (Wildman–Crippen MR) is 103 cm³/mol. The molecular formula is C19H21N3O4S. The Hall–Kier alpha value is -2.32. The normalized spacial score (nSPS) is 17.0. The number of rotatable bonds is 5. The molecule has 2 aromatic heterocycles. The van der Waals surface area contributed by atoms with Gasteiger partial charge in [0.15, 0.2) is 5.16 Å². The van der Waals surface area contributed by atoms with E-state index < -0.39 is 0 Å². The Bertz CT molecular complexity index is 1090. The lowest BCUT2D eigenvalue weighted by atomic mass is 10.0. The summed E-state index contributed by atoms with van der Waals surface area (Å²) in [6.07, 6.45) is 2.02. The van der Waals surface area contributed by atoms with Gasteiger partial charge < -0.3 is 9.15 Å². The Balaban J connectivity index is 1.62. The summed E-state index contributed by atoms with van der Waals surface area (Å²) in [4.78, 5) is 24.0. The Morgan fingerprint density at radius 1 is 1.26 bits per heavy atom. The van der Waals surface area contributed by atoms with Crippen LogP contribution in [-0.2, 0) is 17.0 Å². The second-order valence-corrected chi connectivity index (χ2v) is 7.81. The van der Waals surface area contributed by atoms with Crippen LogP contribution >= 0.6 is 11.8 Å². The van der Waals surface area contributed by atoms with E-state index in [-0.39, 0.29) is 17.4 Å². The minimum Gasteiger partial charge on any atom is -0.423 e. The quantitative estimate of drug-likeness (QED) is 0.535. The number of aromatic nitrogens is 3. The summed E-state index contributed by atoms with van der Waals surface area (Å²) in [5, 5.41) is 8.16. The molecule has 7 nitrogen and oxygen atoms in total. The van der Waals surface area contributed by atoms with Gasteiger partial charge in [-0.05, 0) is 55.5 Å².